The van der Waals surface area contributed by atoms with Gasteiger partial charge in [0.25, 0.3) is 5.91 Å². The highest BCUT2D eigenvalue weighted by Crippen LogP contribution is 2.49. The topological polar surface area (TPSA) is 101 Å². The smallest absolute Gasteiger partial charge is 0.262 e. The second kappa shape index (κ2) is 14.1. The Labute approximate surface area is 308 Å². The minimum absolute atomic E-state index is 0.108. The average molecular weight is 740 g/mol. The number of amides is 1. The predicted molar refractivity (Wildman–Crippen MR) is 202 cm³/mol. The summed E-state index contributed by atoms with van der Waals surface area (Å²) in [6.07, 6.45) is 7.61. The van der Waals surface area contributed by atoms with Crippen molar-refractivity contribution >= 4 is 38.8 Å². The molecule has 6 aliphatic rings. The molecule has 11 heteroatoms. The normalized spacial score (nSPS) is 37.9. The molecular formula is C40H54ClN3O6S. The van der Waals surface area contributed by atoms with E-state index in [9.17, 15) is 14.1 Å². The summed E-state index contributed by atoms with van der Waals surface area (Å²) in [5.41, 5.74) is 3.77. The van der Waals surface area contributed by atoms with Gasteiger partial charge in [-0.1, -0.05) is 31.0 Å². The third-order valence-corrected chi connectivity index (χ3v) is 15.7. The molecule has 3 fully saturated rings. The molecular weight excluding hydrogens is 686 g/mol. The largest absolute Gasteiger partial charge is 0.490 e. The fourth-order valence-electron chi connectivity index (χ4n) is 9.82. The number of halogens is 1. The maximum absolute atomic E-state index is 14.0. The standard InChI is InChI=1S/C40H54ClN3O6S/c1-25-6-4-8-34(39-48-21-31(22-49-39)43-19-32(45)20-43)33-12-9-29(33)18-44-23-40(15-5-7-27-16-30(41)11-13-35(27)40)24-50-37-14-10-28(17-36(37)44)38(46)42-51(3,47)26(25)2/h10-11,13-14,16-17,25-26,29,31-34,39,45H,3-9,12,15,18-24H2,1-2H3,(H,42,46,47)/t25-,26+,29-,31?,33+,34-,39?,40-,51?/m0/s1. The Hall–Kier alpha value is -2.34. The SMILES string of the molecule is C=S1(=O)NC(=O)c2ccc3c(c2)N(C[C@@H]2CC[C@H]2[C@@H](C2OCC(N4CC(O)C4)CO2)CCC[C@H](C)[C@H]1C)C[C@@]1(CCCc2cc(Cl)ccc21)CO3. The molecule has 2 bridgehead atoms. The third-order valence-electron chi connectivity index (χ3n) is 13.3. The number of likely N-dealkylation sites (tertiary alicyclic amines) is 1. The van der Waals surface area contributed by atoms with E-state index in [1.54, 1.807) is 6.07 Å². The van der Waals surface area contributed by atoms with Crippen LogP contribution in [0.3, 0.4) is 0 Å². The first-order chi connectivity index (χ1) is 24.5. The Bertz CT molecular complexity index is 1730. The summed E-state index contributed by atoms with van der Waals surface area (Å²) in [7, 11) is -2.92. The average Bonchev–Trinajstić information content (AvgIpc) is 3.24. The number of benzene rings is 2. The lowest BCUT2D eigenvalue weighted by atomic mass is 9.64. The highest BCUT2D eigenvalue weighted by molar-refractivity contribution is 7.99. The molecule has 2 N–H and O–H groups in total. The highest BCUT2D eigenvalue weighted by atomic mass is 35.5. The van der Waals surface area contributed by atoms with E-state index in [0.29, 0.717) is 50.3 Å². The Morgan fingerprint density at radius 3 is 2.55 bits per heavy atom. The highest BCUT2D eigenvalue weighted by Gasteiger charge is 2.47. The number of aliphatic hydroxyl groups is 1. The lowest BCUT2D eigenvalue weighted by Crippen LogP contribution is -2.60. The number of anilines is 1. The van der Waals surface area contributed by atoms with Gasteiger partial charge in [0.15, 0.2) is 6.29 Å². The summed E-state index contributed by atoms with van der Waals surface area (Å²) in [4.78, 5) is 18.5. The zero-order valence-corrected chi connectivity index (χ0v) is 31.6. The number of hydrogen-bond acceptors (Lipinski definition) is 8. The van der Waals surface area contributed by atoms with E-state index in [-0.39, 0.29) is 46.8 Å². The molecule has 1 unspecified atom stereocenters. The Morgan fingerprint density at radius 1 is 1.00 bits per heavy atom. The lowest BCUT2D eigenvalue weighted by molar-refractivity contribution is -0.250. The minimum atomic E-state index is -2.92. The zero-order chi connectivity index (χ0) is 35.5. The summed E-state index contributed by atoms with van der Waals surface area (Å²) >= 11 is 6.49. The van der Waals surface area contributed by atoms with Crippen LogP contribution in [0, 0.1) is 23.7 Å². The number of fused-ring (bicyclic) bond motifs is 4. The molecule has 8 rings (SSSR count). The van der Waals surface area contributed by atoms with Gasteiger partial charge < -0.3 is 24.2 Å². The quantitative estimate of drug-likeness (QED) is 0.393. The first-order valence-electron chi connectivity index (χ1n) is 19.1. The molecule has 2 saturated heterocycles. The van der Waals surface area contributed by atoms with Crippen molar-refractivity contribution < 1.29 is 28.3 Å². The first-order valence-corrected chi connectivity index (χ1v) is 21.3. The fourth-order valence-corrected chi connectivity index (χ4v) is 11.5. The molecule has 51 heavy (non-hydrogen) atoms. The summed E-state index contributed by atoms with van der Waals surface area (Å²) < 4.78 is 36.6. The molecule has 278 valence electrons. The van der Waals surface area contributed by atoms with Crippen molar-refractivity contribution in [3.05, 3.63) is 58.1 Å². The minimum Gasteiger partial charge on any atom is -0.490 e. The summed E-state index contributed by atoms with van der Waals surface area (Å²) in [6, 6.07) is 12.2. The van der Waals surface area contributed by atoms with Gasteiger partial charge >= 0.3 is 0 Å². The number of carbonyl (C=O) groups excluding carboxylic acids is 1. The van der Waals surface area contributed by atoms with Crippen LogP contribution in [-0.2, 0) is 31.0 Å². The molecule has 4 aliphatic heterocycles. The molecule has 2 aromatic rings. The fraction of sp³-hybridized carbons (Fsp3) is 0.650. The van der Waals surface area contributed by atoms with Crippen LogP contribution in [0.2, 0.25) is 5.02 Å². The van der Waals surface area contributed by atoms with Gasteiger partial charge in [0.2, 0.25) is 0 Å². The van der Waals surface area contributed by atoms with Gasteiger partial charge in [-0.2, -0.15) is 0 Å². The van der Waals surface area contributed by atoms with E-state index in [4.69, 9.17) is 25.8 Å². The summed E-state index contributed by atoms with van der Waals surface area (Å²) in [5, 5.41) is 10.3. The van der Waals surface area contributed by atoms with Crippen molar-refractivity contribution in [1.82, 2.24) is 9.62 Å². The van der Waals surface area contributed by atoms with Crippen molar-refractivity contribution in [2.24, 2.45) is 23.7 Å². The lowest BCUT2D eigenvalue weighted by Gasteiger charge is -2.50. The number of ether oxygens (including phenoxy) is 3. The summed E-state index contributed by atoms with van der Waals surface area (Å²) in [5.74, 6) is 5.69. The Balaban J connectivity index is 1.13. The summed E-state index contributed by atoms with van der Waals surface area (Å²) in [6.45, 7) is 8.84. The Kier molecular flexibility index (Phi) is 9.89. The van der Waals surface area contributed by atoms with Crippen molar-refractivity contribution in [3.8, 4) is 5.75 Å². The number of aryl methyl sites for hydroxylation is 1. The molecule has 0 radical (unpaired) electrons. The van der Waals surface area contributed by atoms with Crippen LogP contribution >= 0.6 is 11.6 Å². The Morgan fingerprint density at radius 2 is 1.80 bits per heavy atom. The van der Waals surface area contributed by atoms with Crippen LogP contribution in [-0.4, -0.2) is 95.7 Å². The maximum atomic E-state index is 14.0. The van der Waals surface area contributed by atoms with Crippen LogP contribution in [0.25, 0.3) is 0 Å². The number of hydrogen-bond donors (Lipinski definition) is 2. The maximum Gasteiger partial charge on any atom is 0.262 e. The van der Waals surface area contributed by atoms with Crippen molar-refractivity contribution in [1.29, 1.82) is 0 Å². The van der Waals surface area contributed by atoms with Gasteiger partial charge in [-0.3, -0.25) is 14.4 Å². The monoisotopic (exact) mass is 739 g/mol. The number of aliphatic hydroxyl groups excluding tert-OH is 1. The van der Waals surface area contributed by atoms with Gasteiger partial charge in [-0.25, -0.2) is 4.21 Å². The van der Waals surface area contributed by atoms with Crippen molar-refractivity contribution in [2.45, 2.75) is 94.3 Å². The molecule has 9 nitrogen and oxygen atoms in total. The van der Waals surface area contributed by atoms with E-state index in [1.807, 2.05) is 25.1 Å². The van der Waals surface area contributed by atoms with E-state index in [0.717, 1.165) is 80.9 Å². The number of rotatable bonds is 2. The van der Waals surface area contributed by atoms with Gasteiger partial charge in [-0.05, 0) is 117 Å². The van der Waals surface area contributed by atoms with E-state index >= 15 is 0 Å². The second-order valence-corrected chi connectivity index (χ2v) is 19.4. The predicted octanol–water partition coefficient (Wildman–Crippen LogP) is 5.44. The van der Waals surface area contributed by atoms with Gasteiger partial charge in [0, 0.05) is 53.3 Å². The van der Waals surface area contributed by atoms with Crippen molar-refractivity contribution in [3.63, 3.8) is 0 Å². The van der Waals surface area contributed by atoms with E-state index < -0.39 is 9.71 Å². The third kappa shape index (κ3) is 6.94. The zero-order valence-electron chi connectivity index (χ0n) is 30.1. The first kappa shape index (κ1) is 35.7. The molecule has 2 aliphatic carbocycles. The van der Waals surface area contributed by atoms with Crippen LogP contribution in [0.4, 0.5) is 5.69 Å². The van der Waals surface area contributed by atoms with E-state index in [2.05, 4.69) is 39.4 Å². The van der Waals surface area contributed by atoms with Crippen LogP contribution in [0.15, 0.2) is 36.4 Å². The molecule has 1 saturated carbocycles. The number of β-amino-alcohol motifs (C(OH)–C–C–N with tert-alkyl or cyclic N) is 1. The molecule has 1 spiro atoms. The van der Waals surface area contributed by atoms with Gasteiger partial charge in [0.1, 0.15) is 5.75 Å². The molecule has 2 aromatic carbocycles. The van der Waals surface area contributed by atoms with E-state index in [1.165, 1.54) is 11.1 Å². The molecule has 0 aromatic heterocycles. The molecule has 4 heterocycles. The van der Waals surface area contributed by atoms with Crippen molar-refractivity contribution in [2.75, 3.05) is 50.9 Å². The molecule has 7 atom stereocenters. The number of nitrogens with one attached hydrogen (secondary N) is 1. The van der Waals surface area contributed by atoms with Crippen LogP contribution in [0.1, 0.15) is 80.3 Å². The molecule has 1 amide bonds. The van der Waals surface area contributed by atoms with Crippen LogP contribution in [0.5, 0.6) is 5.75 Å². The van der Waals surface area contributed by atoms with Gasteiger partial charge in [-0.15, -0.1) is 0 Å². The second-order valence-electron chi connectivity index (χ2n) is 16.5. The van der Waals surface area contributed by atoms with Crippen LogP contribution < -0.4 is 14.4 Å². The van der Waals surface area contributed by atoms with Gasteiger partial charge in [0.05, 0.1) is 47.4 Å². The number of nitrogens with zero attached hydrogens (tertiary/aromatic N) is 2. The number of carbonyl (C=O) groups is 1.